The van der Waals surface area contributed by atoms with Crippen molar-refractivity contribution in [1.29, 1.82) is 0 Å². The summed E-state index contributed by atoms with van der Waals surface area (Å²) in [5.41, 5.74) is 6.54. The van der Waals surface area contributed by atoms with E-state index in [9.17, 15) is 9.90 Å². The molecule has 4 N–H and O–H groups in total. The predicted octanol–water partition coefficient (Wildman–Crippen LogP) is 6.65. The number of nitrogens with zero attached hydrogens (tertiary/aromatic N) is 2. The number of amides is 1. The van der Waals surface area contributed by atoms with Crippen LogP contribution in [0.3, 0.4) is 0 Å². The van der Waals surface area contributed by atoms with Crippen LogP contribution in [0.2, 0.25) is 0 Å². The summed E-state index contributed by atoms with van der Waals surface area (Å²) < 4.78 is 20.3. The molecule has 3 aromatic carbocycles. The van der Waals surface area contributed by atoms with Gasteiger partial charge >= 0.3 is 0 Å². The van der Waals surface area contributed by atoms with Crippen molar-refractivity contribution < 1.29 is 23.5 Å². The zero-order valence-electron chi connectivity index (χ0n) is 25.3. The van der Waals surface area contributed by atoms with Gasteiger partial charge in [0.25, 0.3) is 0 Å². The number of aromatic amines is 1. The molecule has 1 unspecified atom stereocenters. The molecule has 228 valence electrons. The molecule has 10 rings (SSSR count). The molecule has 10 nitrogen and oxygen atoms in total. The van der Waals surface area contributed by atoms with Gasteiger partial charge in [0.2, 0.25) is 17.7 Å². The van der Waals surface area contributed by atoms with Gasteiger partial charge in [0.1, 0.15) is 23.0 Å². The van der Waals surface area contributed by atoms with E-state index in [2.05, 4.69) is 39.9 Å². The maximum Gasteiger partial charge on any atom is 0.249 e. The number of carbonyl (C=O) groups is 1. The number of carbonyl (C=O) groups excluding carboxylic acids is 1. The highest BCUT2D eigenvalue weighted by molar-refractivity contribution is 6.09. The minimum Gasteiger partial charge on any atom is -0.506 e. The number of benzene rings is 3. The number of phenols is 1. The molecule has 1 spiro atoms. The van der Waals surface area contributed by atoms with Gasteiger partial charge in [0, 0.05) is 45.4 Å². The predicted molar refractivity (Wildman–Crippen MR) is 169 cm³/mol. The second kappa shape index (κ2) is 8.60. The van der Waals surface area contributed by atoms with Gasteiger partial charge < -0.3 is 34.3 Å². The van der Waals surface area contributed by atoms with Gasteiger partial charge in [0.15, 0.2) is 23.4 Å². The van der Waals surface area contributed by atoms with E-state index in [4.69, 9.17) is 23.5 Å². The summed E-state index contributed by atoms with van der Waals surface area (Å²) in [5, 5.41) is 18.7. The lowest BCUT2D eigenvalue weighted by molar-refractivity contribution is -0.125. The van der Waals surface area contributed by atoms with Crippen LogP contribution < -0.4 is 15.4 Å². The highest BCUT2D eigenvalue weighted by atomic mass is 16.5. The van der Waals surface area contributed by atoms with E-state index >= 15 is 0 Å². The number of fused-ring (bicyclic) bond motifs is 7. The number of oxazole rings is 2. The van der Waals surface area contributed by atoms with E-state index in [0.29, 0.717) is 35.0 Å². The Hall–Kier alpha value is -5.51. The van der Waals surface area contributed by atoms with Crippen molar-refractivity contribution in [3.05, 3.63) is 89.3 Å². The molecule has 0 aliphatic carbocycles. The fourth-order valence-corrected chi connectivity index (χ4v) is 7.95. The van der Waals surface area contributed by atoms with Crippen LogP contribution >= 0.6 is 0 Å². The standard InChI is InChI=1S/C36H29N5O5/c1-15(2)27-34-40-30-31(46-34)36-21-6-4-5-19(18-8-9-23(42)29-26(18)20(13-37-29)25-14-38-33(30)44-25)28(21)41-35(36)45-24-10-7-17(12-22(24)36)11-16(3)32(43)39-27/h4-10,12-16,27,35,37,41-42H,11H2,1-3H3,(H,39,43)/t16-,27-,35?,36-/m0/s1. The molecule has 7 heterocycles. The molecule has 10 heteroatoms. The first kappa shape index (κ1) is 25.8. The summed E-state index contributed by atoms with van der Waals surface area (Å²) in [6.45, 7) is 6.03. The number of anilines is 1. The second-order valence-corrected chi connectivity index (χ2v) is 13.2. The van der Waals surface area contributed by atoms with E-state index in [1.807, 2.05) is 45.2 Å². The Bertz CT molecular complexity index is 2300. The van der Waals surface area contributed by atoms with Gasteiger partial charge in [-0.25, -0.2) is 9.97 Å². The van der Waals surface area contributed by atoms with Gasteiger partial charge in [-0.1, -0.05) is 51.1 Å². The van der Waals surface area contributed by atoms with Crippen LogP contribution in [0.1, 0.15) is 55.2 Å². The van der Waals surface area contributed by atoms with Crippen LogP contribution in [0.15, 0.2) is 69.8 Å². The average Bonchev–Trinajstić information content (AvgIpc) is 3.85. The number of H-pyrrole nitrogens is 1. The Kier molecular flexibility index (Phi) is 4.82. The molecule has 3 aromatic heterocycles. The number of rotatable bonds is 1. The van der Waals surface area contributed by atoms with Crippen LogP contribution in [0, 0.1) is 11.8 Å². The molecule has 6 aromatic rings. The summed E-state index contributed by atoms with van der Waals surface area (Å²) in [6, 6.07) is 15.6. The zero-order chi connectivity index (χ0) is 31.1. The first-order chi connectivity index (χ1) is 22.3. The SMILES string of the molecule is CC(C)[C@@H]1NC(=O)[C@@H](C)Cc2ccc3c(c2)[C@]24c5cccc(c5NC2O3)-c2ccc(O)c3[nH]cc(c23)-c2cnc(o2)-c2nc1oc24. The van der Waals surface area contributed by atoms with Crippen LogP contribution in [0.5, 0.6) is 11.5 Å². The van der Waals surface area contributed by atoms with E-state index in [1.165, 1.54) is 0 Å². The number of aromatic hydroxyl groups is 1. The van der Waals surface area contributed by atoms with Crippen LogP contribution in [0.4, 0.5) is 5.69 Å². The molecule has 46 heavy (non-hydrogen) atoms. The first-order valence-electron chi connectivity index (χ1n) is 15.6. The van der Waals surface area contributed by atoms with Gasteiger partial charge in [-0.05, 0) is 41.7 Å². The number of hydrogen-bond donors (Lipinski definition) is 4. The number of phenolic OH excluding ortho intramolecular Hbond substituents is 1. The largest absolute Gasteiger partial charge is 0.506 e. The summed E-state index contributed by atoms with van der Waals surface area (Å²) in [4.78, 5) is 26.6. The fraction of sp³-hybridized carbons (Fsp3) is 0.250. The Morgan fingerprint density at radius 3 is 2.78 bits per heavy atom. The lowest BCUT2D eigenvalue weighted by Gasteiger charge is -2.28. The first-order valence-corrected chi connectivity index (χ1v) is 15.6. The van der Waals surface area contributed by atoms with E-state index in [-0.39, 0.29) is 29.4 Å². The summed E-state index contributed by atoms with van der Waals surface area (Å²) in [7, 11) is 0. The molecule has 0 radical (unpaired) electrons. The number of aromatic nitrogens is 3. The highest BCUT2D eigenvalue weighted by Crippen LogP contribution is 2.61. The summed E-state index contributed by atoms with van der Waals surface area (Å²) in [6.07, 6.45) is 3.50. The van der Waals surface area contributed by atoms with Crippen molar-refractivity contribution in [2.24, 2.45) is 11.8 Å². The Morgan fingerprint density at radius 1 is 1.02 bits per heavy atom. The maximum absolute atomic E-state index is 13.5. The molecule has 1 amide bonds. The minimum atomic E-state index is -0.962. The number of nitrogens with one attached hydrogen (secondary N) is 3. The molecule has 4 aliphatic rings. The zero-order valence-corrected chi connectivity index (χ0v) is 25.3. The van der Waals surface area contributed by atoms with Crippen molar-refractivity contribution in [3.63, 3.8) is 0 Å². The van der Waals surface area contributed by atoms with Gasteiger partial charge in [-0.3, -0.25) is 4.79 Å². The molecule has 10 bridgehead atoms. The van der Waals surface area contributed by atoms with Crippen molar-refractivity contribution in [1.82, 2.24) is 20.3 Å². The smallest absolute Gasteiger partial charge is 0.249 e. The van der Waals surface area contributed by atoms with Crippen molar-refractivity contribution in [2.45, 2.75) is 44.9 Å². The van der Waals surface area contributed by atoms with Crippen molar-refractivity contribution in [2.75, 3.05) is 5.32 Å². The van der Waals surface area contributed by atoms with Crippen LogP contribution in [-0.4, -0.2) is 32.2 Å². The monoisotopic (exact) mass is 611 g/mol. The third-order valence-electron chi connectivity index (χ3n) is 10.2. The second-order valence-electron chi connectivity index (χ2n) is 13.2. The fourth-order valence-electron chi connectivity index (χ4n) is 7.95. The molecular weight excluding hydrogens is 582 g/mol. The molecule has 0 saturated heterocycles. The molecular formula is C36H29N5O5. The van der Waals surface area contributed by atoms with Crippen LogP contribution in [-0.2, 0) is 16.6 Å². The van der Waals surface area contributed by atoms with Gasteiger partial charge in [0.05, 0.1) is 11.7 Å². The number of hydrogen-bond acceptors (Lipinski definition) is 8. The third kappa shape index (κ3) is 3.08. The molecule has 0 saturated carbocycles. The normalized spacial score (nSPS) is 23.3. The van der Waals surface area contributed by atoms with E-state index in [1.54, 1.807) is 12.3 Å². The van der Waals surface area contributed by atoms with Crippen LogP contribution in [0.25, 0.3) is 44.9 Å². The Morgan fingerprint density at radius 2 is 1.91 bits per heavy atom. The number of ether oxygens (including phenoxy) is 1. The third-order valence-corrected chi connectivity index (χ3v) is 10.2. The topological polar surface area (TPSA) is 138 Å². The summed E-state index contributed by atoms with van der Waals surface area (Å²) >= 11 is 0. The van der Waals surface area contributed by atoms with Gasteiger partial charge in [-0.2, -0.15) is 0 Å². The lowest BCUT2D eigenvalue weighted by Crippen LogP contribution is -2.40. The van der Waals surface area contributed by atoms with E-state index in [0.717, 1.165) is 50.2 Å². The number of para-hydroxylation sites is 1. The van der Waals surface area contributed by atoms with E-state index < -0.39 is 17.7 Å². The summed E-state index contributed by atoms with van der Waals surface area (Å²) in [5.74, 6) is 2.24. The average molecular weight is 612 g/mol. The molecule has 4 aliphatic heterocycles. The maximum atomic E-state index is 13.5. The van der Waals surface area contributed by atoms with Gasteiger partial charge in [-0.15, -0.1) is 0 Å². The molecule has 4 atom stereocenters. The highest BCUT2D eigenvalue weighted by Gasteiger charge is 2.61. The van der Waals surface area contributed by atoms with Crippen molar-refractivity contribution >= 4 is 22.5 Å². The lowest BCUT2D eigenvalue weighted by atomic mass is 9.72. The Balaban J connectivity index is 1.39. The molecule has 0 fully saturated rings. The quantitative estimate of drug-likeness (QED) is 0.162. The van der Waals surface area contributed by atoms with Crippen molar-refractivity contribution in [3.8, 4) is 45.5 Å². The minimum absolute atomic E-state index is 0.0157. The Labute approximate surface area is 262 Å².